The van der Waals surface area contributed by atoms with Gasteiger partial charge >= 0.3 is 0 Å². The predicted molar refractivity (Wildman–Crippen MR) is 89.1 cm³/mol. The third-order valence-electron chi connectivity index (χ3n) is 4.18. The lowest BCUT2D eigenvalue weighted by atomic mass is 10.1. The second-order valence-corrected chi connectivity index (χ2v) is 6.07. The van der Waals surface area contributed by atoms with Crippen LogP contribution in [0.3, 0.4) is 0 Å². The van der Waals surface area contributed by atoms with Gasteiger partial charge in [-0.25, -0.2) is 0 Å². The van der Waals surface area contributed by atoms with Crippen LogP contribution < -0.4 is 5.32 Å². The van der Waals surface area contributed by atoms with Gasteiger partial charge in [0.25, 0.3) is 5.91 Å². The van der Waals surface area contributed by atoms with Crippen LogP contribution in [0, 0.1) is 0 Å². The molecule has 1 amide bonds. The Balaban J connectivity index is 1.74. The van der Waals surface area contributed by atoms with Crippen LogP contribution in [0.25, 0.3) is 0 Å². The van der Waals surface area contributed by atoms with Crippen LogP contribution in [0.2, 0.25) is 0 Å². The normalized spacial score (nSPS) is 18.8. The van der Waals surface area contributed by atoms with Crippen LogP contribution in [-0.4, -0.2) is 59.4 Å². The molecule has 1 fully saturated rings. The van der Waals surface area contributed by atoms with Crippen LogP contribution in [0.1, 0.15) is 27.8 Å². The number of H-pyrrole nitrogens is 1. The Kier molecular flexibility index (Phi) is 4.73. The number of carbonyl (C=O) groups is 1. The van der Waals surface area contributed by atoms with E-state index in [-0.39, 0.29) is 5.91 Å². The lowest BCUT2D eigenvalue weighted by Gasteiger charge is -2.36. The largest absolute Gasteiger partial charge is 0.353 e. The average Bonchev–Trinajstić information content (AvgIpc) is 3.04. The highest BCUT2D eigenvalue weighted by Gasteiger charge is 2.24. The first kappa shape index (κ1) is 15.7. The fourth-order valence-corrected chi connectivity index (χ4v) is 2.95. The Morgan fingerprint density at radius 2 is 2.26 bits per heavy atom. The van der Waals surface area contributed by atoms with Crippen molar-refractivity contribution in [3.8, 4) is 0 Å². The average molecular weight is 313 g/mol. The van der Waals surface area contributed by atoms with E-state index < -0.39 is 0 Å². The van der Waals surface area contributed by atoms with Gasteiger partial charge in [0.05, 0.1) is 0 Å². The van der Waals surface area contributed by atoms with Gasteiger partial charge < -0.3 is 15.2 Å². The second-order valence-electron chi connectivity index (χ2n) is 6.07. The minimum absolute atomic E-state index is 0.000343. The quantitative estimate of drug-likeness (QED) is 0.892. The SMILES string of the molecule is CN(C)C(=O)c1ccc(CN2CCNCC2c2cccnc2)[nH]1. The van der Waals surface area contributed by atoms with Crippen molar-refractivity contribution in [2.24, 2.45) is 0 Å². The minimum Gasteiger partial charge on any atom is -0.353 e. The van der Waals surface area contributed by atoms with Gasteiger partial charge in [-0.3, -0.25) is 14.7 Å². The molecule has 2 aromatic rings. The number of nitrogens with one attached hydrogen (secondary N) is 2. The van der Waals surface area contributed by atoms with E-state index in [2.05, 4.69) is 26.3 Å². The van der Waals surface area contributed by atoms with Crippen molar-refractivity contribution in [3.63, 3.8) is 0 Å². The van der Waals surface area contributed by atoms with Crippen LogP contribution in [-0.2, 0) is 6.54 Å². The summed E-state index contributed by atoms with van der Waals surface area (Å²) in [4.78, 5) is 23.5. The minimum atomic E-state index is 0.000343. The van der Waals surface area contributed by atoms with Gasteiger partial charge in [-0.05, 0) is 23.8 Å². The molecule has 23 heavy (non-hydrogen) atoms. The fraction of sp³-hybridized carbons (Fsp3) is 0.412. The van der Waals surface area contributed by atoms with Gasteiger partial charge in [-0.2, -0.15) is 0 Å². The van der Waals surface area contributed by atoms with E-state index in [0.717, 1.165) is 31.9 Å². The number of pyridine rings is 1. The summed E-state index contributed by atoms with van der Waals surface area (Å²) in [7, 11) is 3.52. The van der Waals surface area contributed by atoms with E-state index in [9.17, 15) is 4.79 Å². The van der Waals surface area contributed by atoms with Gasteiger partial charge in [0.1, 0.15) is 5.69 Å². The molecule has 122 valence electrons. The summed E-state index contributed by atoms with van der Waals surface area (Å²) in [5, 5.41) is 3.45. The summed E-state index contributed by atoms with van der Waals surface area (Å²) in [6.07, 6.45) is 3.73. The molecule has 1 aliphatic heterocycles. The number of amides is 1. The zero-order valence-electron chi connectivity index (χ0n) is 13.6. The van der Waals surface area contributed by atoms with E-state index in [1.807, 2.05) is 24.4 Å². The molecule has 0 saturated carbocycles. The number of rotatable bonds is 4. The second kappa shape index (κ2) is 6.93. The van der Waals surface area contributed by atoms with E-state index in [1.54, 1.807) is 25.2 Å². The molecule has 1 atom stereocenters. The fourth-order valence-electron chi connectivity index (χ4n) is 2.95. The van der Waals surface area contributed by atoms with E-state index >= 15 is 0 Å². The molecule has 0 spiro atoms. The first-order chi connectivity index (χ1) is 11.1. The molecule has 0 radical (unpaired) electrons. The zero-order chi connectivity index (χ0) is 16.2. The maximum atomic E-state index is 12.0. The molecule has 0 bridgehead atoms. The molecular weight excluding hydrogens is 290 g/mol. The molecule has 2 N–H and O–H groups in total. The summed E-state index contributed by atoms with van der Waals surface area (Å²) in [6, 6.07) is 8.25. The molecule has 6 nitrogen and oxygen atoms in total. The van der Waals surface area contributed by atoms with Crippen molar-refractivity contribution in [2.45, 2.75) is 12.6 Å². The van der Waals surface area contributed by atoms with Crippen molar-refractivity contribution >= 4 is 5.91 Å². The summed E-state index contributed by atoms with van der Waals surface area (Å²) in [6.45, 7) is 3.65. The highest BCUT2D eigenvalue weighted by atomic mass is 16.2. The Bertz CT molecular complexity index is 652. The summed E-state index contributed by atoms with van der Waals surface area (Å²) >= 11 is 0. The number of nitrogens with zero attached hydrogens (tertiary/aromatic N) is 3. The zero-order valence-corrected chi connectivity index (χ0v) is 13.6. The topological polar surface area (TPSA) is 64.3 Å². The molecule has 6 heteroatoms. The Labute approximate surface area is 136 Å². The van der Waals surface area contributed by atoms with Crippen molar-refractivity contribution in [3.05, 3.63) is 53.6 Å². The molecule has 2 aromatic heterocycles. The smallest absolute Gasteiger partial charge is 0.269 e. The maximum Gasteiger partial charge on any atom is 0.269 e. The van der Waals surface area contributed by atoms with Crippen LogP contribution in [0.4, 0.5) is 0 Å². The van der Waals surface area contributed by atoms with Crippen molar-refractivity contribution in [1.82, 2.24) is 25.1 Å². The number of aromatic nitrogens is 2. The van der Waals surface area contributed by atoms with Crippen molar-refractivity contribution < 1.29 is 4.79 Å². The molecule has 1 aliphatic rings. The number of carbonyl (C=O) groups excluding carboxylic acids is 1. The van der Waals surface area contributed by atoms with Crippen LogP contribution in [0.15, 0.2) is 36.7 Å². The van der Waals surface area contributed by atoms with E-state index in [4.69, 9.17) is 0 Å². The van der Waals surface area contributed by atoms with Gasteiger partial charge in [0.2, 0.25) is 0 Å². The van der Waals surface area contributed by atoms with Crippen molar-refractivity contribution in [1.29, 1.82) is 0 Å². The molecule has 1 unspecified atom stereocenters. The third kappa shape index (κ3) is 3.60. The standard InChI is InChI=1S/C17H23N5O/c1-21(2)17(23)15-6-5-14(20-15)12-22-9-8-19-11-16(22)13-4-3-7-18-10-13/h3-7,10,16,19-20H,8-9,11-12H2,1-2H3. The summed E-state index contributed by atoms with van der Waals surface area (Å²) in [5.41, 5.74) is 2.92. The number of piperazine rings is 1. The van der Waals surface area contributed by atoms with Gasteiger partial charge in [0.15, 0.2) is 0 Å². The number of hydrogen-bond acceptors (Lipinski definition) is 4. The van der Waals surface area contributed by atoms with Crippen LogP contribution in [0.5, 0.6) is 0 Å². The molecule has 0 aromatic carbocycles. The van der Waals surface area contributed by atoms with Crippen LogP contribution >= 0.6 is 0 Å². The van der Waals surface area contributed by atoms with E-state index in [1.165, 1.54) is 5.56 Å². The van der Waals surface area contributed by atoms with Gasteiger partial charge in [-0.1, -0.05) is 6.07 Å². The monoisotopic (exact) mass is 313 g/mol. The maximum absolute atomic E-state index is 12.0. The van der Waals surface area contributed by atoms with Crippen molar-refractivity contribution in [2.75, 3.05) is 33.7 Å². The highest BCUT2D eigenvalue weighted by Crippen LogP contribution is 2.23. The predicted octanol–water partition coefficient (Wildman–Crippen LogP) is 1.26. The lowest BCUT2D eigenvalue weighted by Crippen LogP contribution is -2.45. The molecule has 3 heterocycles. The number of hydrogen-bond donors (Lipinski definition) is 2. The molecule has 0 aliphatic carbocycles. The number of aromatic amines is 1. The Morgan fingerprint density at radius 3 is 3.00 bits per heavy atom. The van der Waals surface area contributed by atoms with E-state index in [0.29, 0.717) is 11.7 Å². The molecule has 1 saturated heterocycles. The summed E-state index contributed by atoms with van der Waals surface area (Å²) in [5.74, 6) is 0.000343. The first-order valence-corrected chi connectivity index (χ1v) is 7.89. The Hall–Kier alpha value is -2.18. The lowest BCUT2D eigenvalue weighted by molar-refractivity contribution is 0.0822. The Morgan fingerprint density at radius 1 is 1.39 bits per heavy atom. The van der Waals surface area contributed by atoms with Gasteiger partial charge in [0, 0.05) is 64.4 Å². The highest BCUT2D eigenvalue weighted by molar-refractivity contribution is 5.92. The molecule has 3 rings (SSSR count). The first-order valence-electron chi connectivity index (χ1n) is 7.89. The van der Waals surface area contributed by atoms with Gasteiger partial charge in [-0.15, -0.1) is 0 Å². The summed E-state index contributed by atoms with van der Waals surface area (Å²) < 4.78 is 0. The molecular formula is C17H23N5O. The third-order valence-corrected chi connectivity index (χ3v) is 4.18.